The molecular weight excluding hydrogens is 404 g/mol. The molecule has 5 heteroatoms. The van der Waals surface area contributed by atoms with Gasteiger partial charge in [0.15, 0.2) is 0 Å². The first kappa shape index (κ1) is 25.3. The van der Waals surface area contributed by atoms with Crippen molar-refractivity contribution in [3.05, 3.63) is 72.1 Å². The minimum Gasteiger partial charge on any atom is -0.264 e. The number of nitrogens with zero attached hydrogens (tertiary/aromatic N) is 2. The molecule has 1 heterocycles. The molecule has 0 aliphatic rings. The van der Waals surface area contributed by atoms with Crippen LogP contribution < -0.4 is 0 Å². The van der Waals surface area contributed by atoms with Crippen LogP contribution in [-0.2, 0) is 16.4 Å². The number of unbranched alkanes of at least 4 members (excludes halogenated alkanes) is 8. The molecule has 0 unspecified atom stereocenters. The summed E-state index contributed by atoms with van der Waals surface area (Å²) in [5.74, 6) is 0. The normalized spacial score (nSPS) is 12.1. The summed E-state index contributed by atoms with van der Waals surface area (Å²) in [7, 11) is -1.77. The van der Waals surface area contributed by atoms with E-state index in [0.29, 0.717) is 11.4 Å². The van der Waals surface area contributed by atoms with Gasteiger partial charge in [0.25, 0.3) is 0 Å². The van der Waals surface area contributed by atoms with Crippen molar-refractivity contribution in [1.82, 2.24) is 9.29 Å². The molecule has 0 saturated carbocycles. The Morgan fingerprint density at radius 3 is 2.16 bits per heavy atom. The monoisotopic (exact) mass is 442 g/mol. The molecule has 4 nitrogen and oxygen atoms in total. The van der Waals surface area contributed by atoms with Gasteiger partial charge in [0.2, 0.25) is 10.0 Å². The van der Waals surface area contributed by atoms with Crippen molar-refractivity contribution in [3.8, 4) is 0 Å². The second-order valence-corrected chi connectivity index (χ2v) is 10.3. The zero-order valence-electron chi connectivity index (χ0n) is 19.2. The van der Waals surface area contributed by atoms with Crippen LogP contribution in [-0.4, -0.2) is 31.3 Å². The number of benzene rings is 1. The van der Waals surface area contributed by atoms with Gasteiger partial charge < -0.3 is 0 Å². The maximum Gasteiger partial charge on any atom is 0.243 e. The average Bonchev–Trinajstić information content (AvgIpc) is 2.77. The first-order chi connectivity index (χ1) is 15.0. The van der Waals surface area contributed by atoms with Crippen molar-refractivity contribution < 1.29 is 8.42 Å². The van der Waals surface area contributed by atoms with Crippen LogP contribution in [0.2, 0.25) is 0 Å². The predicted molar refractivity (Wildman–Crippen MR) is 130 cm³/mol. The smallest absolute Gasteiger partial charge is 0.243 e. The summed E-state index contributed by atoms with van der Waals surface area (Å²) in [5, 5.41) is 0. The molecule has 0 N–H and O–H groups in total. The van der Waals surface area contributed by atoms with Crippen LogP contribution in [0.15, 0.2) is 65.8 Å². The van der Waals surface area contributed by atoms with E-state index in [2.05, 4.69) is 17.1 Å². The van der Waals surface area contributed by atoms with E-state index < -0.39 is 10.0 Å². The SMILES string of the molecule is Cc1ccc(S(=O)(=O)N(C)C/C=C/CCCCCCCCCCc2cccnc2)cc1. The number of sulfonamides is 1. The molecule has 0 saturated heterocycles. The number of hydrogen-bond donors (Lipinski definition) is 0. The molecule has 170 valence electrons. The number of hydrogen-bond acceptors (Lipinski definition) is 3. The van der Waals surface area contributed by atoms with Gasteiger partial charge in [-0.1, -0.05) is 74.4 Å². The molecule has 1 aromatic heterocycles. The molecule has 2 rings (SSSR count). The van der Waals surface area contributed by atoms with Gasteiger partial charge in [-0.2, -0.15) is 4.31 Å². The molecule has 0 radical (unpaired) electrons. The molecular formula is C26H38N2O2S. The number of aryl methyl sites for hydroxylation is 2. The minimum absolute atomic E-state index is 0.353. The molecule has 0 spiro atoms. The Morgan fingerprint density at radius 2 is 1.52 bits per heavy atom. The van der Waals surface area contributed by atoms with Crippen molar-refractivity contribution in [2.24, 2.45) is 0 Å². The lowest BCUT2D eigenvalue weighted by Gasteiger charge is -2.15. The van der Waals surface area contributed by atoms with E-state index in [1.807, 2.05) is 43.6 Å². The van der Waals surface area contributed by atoms with Crippen molar-refractivity contribution in [1.29, 1.82) is 0 Å². The molecule has 0 atom stereocenters. The highest BCUT2D eigenvalue weighted by molar-refractivity contribution is 7.89. The first-order valence-corrected chi connectivity index (χ1v) is 13.0. The molecule has 2 aromatic rings. The highest BCUT2D eigenvalue weighted by atomic mass is 32.2. The number of rotatable bonds is 15. The topological polar surface area (TPSA) is 50.3 Å². The third kappa shape index (κ3) is 9.79. The summed E-state index contributed by atoms with van der Waals surface area (Å²) in [6, 6.07) is 11.2. The Hall–Kier alpha value is -1.98. The number of pyridine rings is 1. The number of allylic oxidation sites excluding steroid dienone is 1. The zero-order chi connectivity index (χ0) is 22.4. The largest absolute Gasteiger partial charge is 0.264 e. The fourth-order valence-corrected chi connectivity index (χ4v) is 4.65. The Morgan fingerprint density at radius 1 is 0.871 bits per heavy atom. The van der Waals surface area contributed by atoms with Crippen molar-refractivity contribution in [2.45, 2.75) is 76.0 Å². The van der Waals surface area contributed by atoms with E-state index in [9.17, 15) is 8.42 Å². The van der Waals surface area contributed by atoms with Crippen LogP contribution >= 0.6 is 0 Å². The summed E-state index contributed by atoms with van der Waals surface area (Å²) in [4.78, 5) is 4.51. The van der Waals surface area contributed by atoms with Gasteiger partial charge in [-0.05, 0) is 56.4 Å². The Kier molecular flexibility index (Phi) is 11.5. The van der Waals surface area contributed by atoms with Crippen molar-refractivity contribution >= 4 is 10.0 Å². The van der Waals surface area contributed by atoms with E-state index >= 15 is 0 Å². The van der Waals surface area contributed by atoms with Crippen molar-refractivity contribution in [2.75, 3.05) is 13.6 Å². The van der Waals surface area contributed by atoms with Gasteiger partial charge >= 0.3 is 0 Å². The summed E-state index contributed by atoms with van der Waals surface area (Å²) in [6.45, 7) is 2.36. The molecule has 1 aromatic carbocycles. The van der Waals surface area contributed by atoms with Gasteiger partial charge in [0, 0.05) is 26.0 Å². The van der Waals surface area contributed by atoms with Gasteiger partial charge in [0.1, 0.15) is 0 Å². The molecule has 0 fully saturated rings. The summed E-state index contributed by atoms with van der Waals surface area (Å²) >= 11 is 0. The third-order valence-electron chi connectivity index (χ3n) is 5.57. The van der Waals surface area contributed by atoms with Gasteiger partial charge in [-0.3, -0.25) is 4.98 Å². The van der Waals surface area contributed by atoms with E-state index in [1.54, 1.807) is 19.2 Å². The fraction of sp³-hybridized carbons (Fsp3) is 0.500. The Balaban J connectivity index is 1.46. The highest BCUT2D eigenvalue weighted by Crippen LogP contribution is 2.15. The third-order valence-corrected chi connectivity index (χ3v) is 7.40. The minimum atomic E-state index is -3.41. The second kappa shape index (κ2) is 14.2. The number of aromatic nitrogens is 1. The fourth-order valence-electron chi connectivity index (χ4n) is 3.53. The van der Waals surface area contributed by atoms with Crippen LogP contribution in [0.25, 0.3) is 0 Å². The molecule has 0 aliphatic carbocycles. The predicted octanol–water partition coefficient (Wildman–Crippen LogP) is 6.32. The summed E-state index contributed by atoms with van der Waals surface area (Å²) in [5.41, 5.74) is 2.40. The lowest BCUT2D eigenvalue weighted by molar-refractivity contribution is 0.498. The van der Waals surface area contributed by atoms with E-state index in [4.69, 9.17) is 0 Å². The maximum atomic E-state index is 12.5. The van der Waals surface area contributed by atoms with E-state index in [0.717, 1.165) is 18.4 Å². The Labute approximate surface area is 189 Å². The zero-order valence-corrected chi connectivity index (χ0v) is 20.0. The first-order valence-electron chi connectivity index (χ1n) is 11.6. The van der Waals surface area contributed by atoms with E-state index in [-0.39, 0.29) is 0 Å². The quantitative estimate of drug-likeness (QED) is 0.239. The lowest BCUT2D eigenvalue weighted by Crippen LogP contribution is -2.27. The van der Waals surface area contributed by atoms with Gasteiger partial charge in [-0.15, -0.1) is 0 Å². The van der Waals surface area contributed by atoms with Crippen LogP contribution in [0.4, 0.5) is 0 Å². The second-order valence-electron chi connectivity index (χ2n) is 8.30. The molecule has 31 heavy (non-hydrogen) atoms. The van der Waals surface area contributed by atoms with Crippen LogP contribution in [0.1, 0.15) is 68.9 Å². The van der Waals surface area contributed by atoms with Crippen LogP contribution in [0.3, 0.4) is 0 Å². The standard InChI is InChI=1S/C26H38N2O2S/c1-24-17-19-26(20-18-24)31(29,30)28(2)22-13-11-9-7-5-3-4-6-8-10-12-15-25-16-14-21-27-23-25/h11,13-14,16-21,23H,3-10,12,15,22H2,1-2H3/b13-11+. The molecule has 0 amide bonds. The number of likely N-dealkylation sites (N-methyl/N-ethyl adjacent to an activating group) is 1. The molecule has 0 aliphatic heterocycles. The van der Waals surface area contributed by atoms with Gasteiger partial charge in [-0.25, -0.2) is 8.42 Å². The summed E-state index contributed by atoms with van der Waals surface area (Å²) in [6.07, 6.45) is 20.3. The lowest BCUT2D eigenvalue weighted by atomic mass is 10.0. The summed E-state index contributed by atoms with van der Waals surface area (Å²) < 4.78 is 26.5. The van der Waals surface area contributed by atoms with Crippen LogP contribution in [0.5, 0.6) is 0 Å². The maximum absolute atomic E-state index is 12.5. The highest BCUT2D eigenvalue weighted by Gasteiger charge is 2.18. The van der Waals surface area contributed by atoms with Crippen LogP contribution in [0, 0.1) is 6.92 Å². The Bertz CT molecular complexity index is 862. The van der Waals surface area contributed by atoms with Gasteiger partial charge in [0.05, 0.1) is 4.90 Å². The van der Waals surface area contributed by atoms with Crippen molar-refractivity contribution in [3.63, 3.8) is 0 Å². The van der Waals surface area contributed by atoms with E-state index in [1.165, 1.54) is 61.2 Å². The molecule has 0 bridgehead atoms. The average molecular weight is 443 g/mol.